The van der Waals surface area contributed by atoms with Gasteiger partial charge in [-0.1, -0.05) is 23.4 Å². The summed E-state index contributed by atoms with van der Waals surface area (Å²) in [5.41, 5.74) is 1.31. The molecular weight excluding hydrogens is 254 g/mol. The molecule has 20 heavy (non-hydrogen) atoms. The van der Waals surface area contributed by atoms with Gasteiger partial charge in [-0.2, -0.15) is 0 Å². The third-order valence-corrected chi connectivity index (χ3v) is 2.99. The van der Waals surface area contributed by atoms with E-state index >= 15 is 0 Å². The lowest BCUT2D eigenvalue weighted by Crippen LogP contribution is -2.10. The summed E-state index contributed by atoms with van der Waals surface area (Å²) in [6, 6.07) is 9.89. The third-order valence-electron chi connectivity index (χ3n) is 2.99. The number of ether oxygens (including phenoxy) is 1. The van der Waals surface area contributed by atoms with Gasteiger partial charge < -0.3 is 4.74 Å². The monoisotopic (exact) mass is 273 g/mol. The first-order valence-corrected chi connectivity index (χ1v) is 6.79. The molecule has 5 nitrogen and oxygen atoms in total. The minimum absolute atomic E-state index is 0.196. The Morgan fingerprint density at radius 2 is 2.05 bits per heavy atom. The van der Waals surface area contributed by atoms with Crippen LogP contribution in [0.4, 0.5) is 0 Å². The fourth-order valence-electron chi connectivity index (χ4n) is 2.02. The summed E-state index contributed by atoms with van der Waals surface area (Å²) < 4.78 is 7.44. The van der Waals surface area contributed by atoms with Crippen molar-refractivity contribution < 1.29 is 9.53 Å². The molecule has 0 amide bonds. The molecule has 0 fully saturated rings. The maximum atomic E-state index is 11.0. The van der Waals surface area contributed by atoms with Gasteiger partial charge in [0.1, 0.15) is 11.4 Å². The van der Waals surface area contributed by atoms with Crippen LogP contribution in [-0.4, -0.2) is 27.9 Å². The highest BCUT2D eigenvalue weighted by molar-refractivity contribution is 5.73. The highest BCUT2D eigenvalue weighted by Crippen LogP contribution is 2.13. The van der Waals surface area contributed by atoms with E-state index in [-0.39, 0.29) is 6.04 Å². The smallest absolute Gasteiger partial charge is 0.172 e. The first-order valence-electron chi connectivity index (χ1n) is 6.79. The van der Waals surface area contributed by atoms with Crippen molar-refractivity contribution in [3.63, 3.8) is 0 Å². The average Bonchev–Trinajstić information content (AvgIpc) is 2.88. The van der Waals surface area contributed by atoms with E-state index in [9.17, 15) is 4.79 Å². The number of rotatable bonds is 7. The van der Waals surface area contributed by atoms with Crippen LogP contribution in [-0.2, 0) is 6.42 Å². The molecule has 0 N–H and O–H groups in total. The van der Waals surface area contributed by atoms with Crippen LogP contribution in [0.15, 0.2) is 30.3 Å². The second-order valence-electron chi connectivity index (χ2n) is 4.84. The zero-order valence-electron chi connectivity index (χ0n) is 11.8. The van der Waals surface area contributed by atoms with Gasteiger partial charge in [0.25, 0.3) is 0 Å². The maximum Gasteiger partial charge on any atom is 0.172 e. The molecule has 1 heterocycles. The van der Waals surface area contributed by atoms with Gasteiger partial charge in [0.15, 0.2) is 6.29 Å². The summed E-state index contributed by atoms with van der Waals surface area (Å²) >= 11 is 0. The number of nitrogens with zero attached hydrogens (tertiary/aromatic N) is 3. The number of carbonyl (C=O) groups excluding carboxylic acids is 1. The molecule has 0 atom stereocenters. The van der Waals surface area contributed by atoms with E-state index in [2.05, 4.69) is 10.3 Å². The quantitative estimate of drug-likeness (QED) is 0.575. The lowest BCUT2D eigenvalue weighted by molar-refractivity contribution is 0.111. The Balaban J connectivity index is 1.90. The molecule has 0 radical (unpaired) electrons. The van der Waals surface area contributed by atoms with Gasteiger partial charge in [0.05, 0.1) is 12.3 Å². The minimum atomic E-state index is 0.196. The lowest BCUT2D eigenvalue weighted by atomic mass is 10.2. The van der Waals surface area contributed by atoms with Gasteiger partial charge in [-0.3, -0.25) is 4.79 Å². The third kappa shape index (κ3) is 3.44. The van der Waals surface area contributed by atoms with E-state index in [1.165, 1.54) is 0 Å². The van der Waals surface area contributed by atoms with Crippen molar-refractivity contribution in [1.29, 1.82) is 0 Å². The van der Waals surface area contributed by atoms with Crippen LogP contribution in [0.2, 0.25) is 0 Å². The Bertz CT molecular complexity index is 550. The van der Waals surface area contributed by atoms with E-state index in [4.69, 9.17) is 4.74 Å². The summed E-state index contributed by atoms with van der Waals surface area (Å²) in [7, 11) is 0. The van der Waals surface area contributed by atoms with Crippen molar-refractivity contribution >= 4 is 6.29 Å². The predicted octanol–water partition coefficient (Wildman–Crippen LogP) is 2.68. The molecule has 0 aliphatic carbocycles. The van der Waals surface area contributed by atoms with E-state index < -0.39 is 0 Å². The number of aromatic nitrogens is 3. The number of carbonyl (C=O) groups is 1. The minimum Gasteiger partial charge on any atom is -0.494 e. The van der Waals surface area contributed by atoms with Crippen molar-refractivity contribution in [3.8, 4) is 5.75 Å². The summed E-state index contributed by atoms with van der Waals surface area (Å²) in [6.07, 6.45) is 2.31. The zero-order valence-corrected chi connectivity index (χ0v) is 11.8. The van der Waals surface area contributed by atoms with Crippen molar-refractivity contribution in [2.75, 3.05) is 6.61 Å². The average molecular weight is 273 g/mol. The lowest BCUT2D eigenvalue weighted by Gasteiger charge is -2.10. The van der Waals surface area contributed by atoms with E-state index in [1.54, 1.807) is 4.68 Å². The molecule has 0 aliphatic rings. The van der Waals surface area contributed by atoms with Crippen LogP contribution in [0.3, 0.4) is 0 Å². The molecule has 1 aromatic carbocycles. The predicted molar refractivity (Wildman–Crippen MR) is 76.1 cm³/mol. The van der Waals surface area contributed by atoms with Gasteiger partial charge in [-0.05, 0) is 38.8 Å². The molecule has 0 aliphatic heterocycles. The maximum absolute atomic E-state index is 11.0. The molecule has 0 spiro atoms. The fraction of sp³-hybridized carbons (Fsp3) is 0.400. The second-order valence-corrected chi connectivity index (χ2v) is 4.84. The van der Waals surface area contributed by atoms with Crippen LogP contribution in [0.1, 0.15) is 42.5 Å². The summed E-state index contributed by atoms with van der Waals surface area (Å²) in [6.45, 7) is 4.64. The molecule has 2 aromatic rings. The highest BCUT2D eigenvalue weighted by Gasteiger charge is 2.13. The number of hydrogen-bond acceptors (Lipinski definition) is 4. The Hall–Kier alpha value is -2.17. The van der Waals surface area contributed by atoms with Crippen LogP contribution in [0.5, 0.6) is 5.75 Å². The molecular formula is C15H19N3O2. The van der Waals surface area contributed by atoms with Gasteiger partial charge >= 0.3 is 0 Å². The number of aldehydes is 1. The molecule has 0 saturated heterocycles. The molecule has 0 unspecified atom stereocenters. The summed E-state index contributed by atoms with van der Waals surface area (Å²) in [4.78, 5) is 11.0. The van der Waals surface area contributed by atoms with Crippen LogP contribution < -0.4 is 4.74 Å². The zero-order chi connectivity index (χ0) is 14.4. The fourth-order valence-corrected chi connectivity index (χ4v) is 2.02. The van der Waals surface area contributed by atoms with E-state index in [0.29, 0.717) is 12.3 Å². The van der Waals surface area contributed by atoms with Gasteiger partial charge in [0, 0.05) is 6.04 Å². The molecule has 5 heteroatoms. The molecule has 2 rings (SSSR count). The number of benzene rings is 1. The first kappa shape index (κ1) is 14.2. The van der Waals surface area contributed by atoms with E-state index in [0.717, 1.165) is 30.6 Å². The number of hydrogen-bond donors (Lipinski definition) is 0. The highest BCUT2D eigenvalue weighted by atomic mass is 16.5. The second kappa shape index (κ2) is 6.84. The first-order chi connectivity index (χ1) is 9.72. The largest absolute Gasteiger partial charge is 0.494 e. The van der Waals surface area contributed by atoms with Gasteiger partial charge in [-0.15, -0.1) is 5.10 Å². The van der Waals surface area contributed by atoms with Crippen molar-refractivity contribution in [3.05, 3.63) is 41.7 Å². The SMILES string of the molecule is CC(C)n1nnc(C=O)c1CCCOc1ccccc1. The van der Waals surface area contributed by atoms with Gasteiger partial charge in [0.2, 0.25) is 0 Å². The molecule has 106 valence electrons. The summed E-state index contributed by atoms with van der Waals surface area (Å²) in [5, 5.41) is 7.91. The molecule has 0 saturated carbocycles. The standard InChI is InChI=1S/C15H19N3O2/c1-12(2)18-15(14(11-19)16-17-18)9-6-10-20-13-7-4-3-5-8-13/h3-5,7-8,11-12H,6,9-10H2,1-2H3. The Kier molecular flexibility index (Phi) is 4.87. The Labute approximate surface area is 118 Å². The van der Waals surface area contributed by atoms with Gasteiger partial charge in [-0.25, -0.2) is 4.68 Å². The number of para-hydroxylation sites is 1. The Morgan fingerprint density at radius 3 is 2.70 bits per heavy atom. The van der Waals surface area contributed by atoms with Crippen molar-refractivity contribution in [2.24, 2.45) is 0 Å². The van der Waals surface area contributed by atoms with Crippen molar-refractivity contribution in [2.45, 2.75) is 32.7 Å². The normalized spacial score (nSPS) is 10.8. The van der Waals surface area contributed by atoms with Crippen LogP contribution >= 0.6 is 0 Å². The molecule has 1 aromatic heterocycles. The summed E-state index contributed by atoms with van der Waals surface area (Å²) in [5.74, 6) is 0.860. The van der Waals surface area contributed by atoms with Crippen LogP contribution in [0, 0.1) is 0 Å². The van der Waals surface area contributed by atoms with E-state index in [1.807, 2.05) is 44.2 Å². The van der Waals surface area contributed by atoms with Crippen LogP contribution in [0.25, 0.3) is 0 Å². The topological polar surface area (TPSA) is 57.0 Å². The van der Waals surface area contributed by atoms with Crippen molar-refractivity contribution in [1.82, 2.24) is 15.0 Å². The molecule has 0 bridgehead atoms. The Morgan fingerprint density at radius 1 is 1.30 bits per heavy atom.